The molecular weight excluding hydrogens is 272 g/mol. The number of rotatable bonds is 6. The molecule has 110 valence electrons. The summed E-state index contributed by atoms with van der Waals surface area (Å²) < 4.78 is 10.2. The van der Waals surface area contributed by atoms with Crippen LogP contribution in [0.15, 0.2) is 41.4 Å². The number of fused-ring (bicyclic) bond motifs is 1. The summed E-state index contributed by atoms with van der Waals surface area (Å²) in [6, 6.07) is 7.23. The first-order chi connectivity index (χ1) is 10.1. The van der Waals surface area contributed by atoms with E-state index >= 15 is 0 Å². The van der Waals surface area contributed by atoms with Crippen LogP contribution in [-0.2, 0) is 20.7 Å². The van der Waals surface area contributed by atoms with Gasteiger partial charge in [0.2, 0.25) is 0 Å². The van der Waals surface area contributed by atoms with Gasteiger partial charge >= 0.3 is 5.97 Å². The fourth-order valence-corrected chi connectivity index (χ4v) is 1.81. The molecule has 2 rings (SSSR count). The van der Waals surface area contributed by atoms with E-state index in [-0.39, 0.29) is 12.3 Å². The molecule has 0 fully saturated rings. The first kappa shape index (κ1) is 14.8. The van der Waals surface area contributed by atoms with Crippen LogP contribution >= 0.6 is 0 Å². The number of benzene rings is 1. The highest BCUT2D eigenvalue weighted by Crippen LogP contribution is 2.18. The van der Waals surface area contributed by atoms with Crippen LogP contribution in [-0.4, -0.2) is 29.7 Å². The number of carbonyl (C=O) groups is 2. The molecule has 0 aliphatic carbocycles. The molecule has 0 aliphatic heterocycles. The zero-order chi connectivity index (χ0) is 15.2. The fraction of sp³-hybridized carbons (Fsp3) is 0.267. The number of hydrogen-bond acceptors (Lipinski definition) is 5. The summed E-state index contributed by atoms with van der Waals surface area (Å²) in [5, 5.41) is 7.17. The van der Waals surface area contributed by atoms with Crippen LogP contribution in [0.3, 0.4) is 0 Å². The second-order valence-electron chi connectivity index (χ2n) is 4.47. The molecule has 1 aromatic heterocycles. The molecule has 0 aliphatic rings. The second kappa shape index (κ2) is 6.69. The van der Waals surface area contributed by atoms with Gasteiger partial charge in [-0.15, -0.1) is 6.58 Å². The topological polar surface area (TPSA) is 81.4 Å². The SMILES string of the molecule is C=CCNC(=O)[C@H](C)OC(=O)Cc1noc2ccccc12. The lowest BCUT2D eigenvalue weighted by Gasteiger charge is -2.12. The van der Waals surface area contributed by atoms with E-state index in [1.165, 1.54) is 6.92 Å². The minimum atomic E-state index is -0.865. The second-order valence-corrected chi connectivity index (χ2v) is 4.47. The van der Waals surface area contributed by atoms with Crippen LogP contribution in [0.2, 0.25) is 0 Å². The van der Waals surface area contributed by atoms with Gasteiger partial charge in [-0.05, 0) is 19.1 Å². The van der Waals surface area contributed by atoms with Crippen LogP contribution < -0.4 is 5.32 Å². The maximum Gasteiger partial charge on any atom is 0.312 e. The lowest BCUT2D eigenvalue weighted by molar-refractivity contribution is -0.154. The predicted octanol–water partition coefficient (Wildman–Crippen LogP) is 1.60. The Morgan fingerprint density at radius 3 is 3.00 bits per heavy atom. The first-order valence-electron chi connectivity index (χ1n) is 6.53. The average molecular weight is 288 g/mol. The molecule has 1 atom stereocenters. The molecule has 1 aromatic carbocycles. The van der Waals surface area contributed by atoms with Crippen LogP contribution in [0.1, 0.15) is 12.6 Å². The number of aromatic nitrogens is 1. The van der Waals surface area contributed by atoms with Crippen molar-refractivity contribution >= 4 is 22.8 Å². The van der Waals surface area contributed by atoms with Crippen molar-refractivity contribution in [2.75, 3.05) is 6.54 Å². The molecule has 2 aromatic rings. The monoisotopic (exact) mass is 288 g/mol. The number of esters is 1. The number of hydrogen-bond donors (Lipinski definition) is 1. The van der Waals surface area contributed by atoms with Gasteiger partial charge in [-0.25, -0.2) is 0 Å². The summed E-state index contributed by atoms with van der Waals surface area (Å²) >= 11 is 0. The van der Waals surface area contributed by atoms with Gasteiger partial charge in [0, 0.05) is 11.9 Å². The van der Waals surface area contributed by atoms with Gasteiger partial charge in [0.15, 0.2) is 11.7 Å². The zero-order valence-corrected chi connectivity index (χ0v) is 11.7. The minimum Gasteiger partial charge on any atom is -0.452 e. The Morgan fingerprint density at radius 2 is 2.24 bits per heavy atom. The van der Waals surface area contributed by atoms with Crippen LogP contribution in [0, 0.1) is 0 Å². The summed E-state index contributed by atoms with van der Waals surface area (Å²) in [7, 11) is 0. The maximum atomic E-state index is 11.8. The van der Waals surface area contributed by atoms with Gasteiger partial charge in [-0.3, -0.25) is 9.59 Å². The van der Waals surface area contributed by atoms with E-state index in [4.69, 9.17) is 9.26 Å². The van der Waals surface area contributed by atoms with Crippen molar-refractivity contribution in [1.82, 2.24) is 10.5 Å². The van der Waals surface area contributed by atoms with Gasteiger partial charge in [0.25, 0.3) is 5.91 Å². The van der Waals surface area contributed by atoms with E-state index in [9.17, 15) is 9.59 Å². The van der Waals surface area contributed by atoms with Crippen LogP contribution in [0.5, 0.6) is 0 Å². The molecule has 0 bridgehead atoms. The standard InChI is InChI=1S/C15H16N2O4/c1-3-8-16-15(19)10(2)20-14(18)9-12-11-6-4-5-7-13(11)21-17-12/h3-7,10H,1,8-9H2,2H3,(H,16,19)/t10-/m0/s1. The third kappa shape index (κ3) is 3.68. The third-order valence-corrected chi connectivity index (χ3v) is 2.86. The number of para-hydroxylation sites is 1. The third-order valence-electron chi connectivity index (χ3n) is 2.86. The largest absolute Gasteiger partial charge is 0.452 e. The van der Waals surface area contributed by atoms with Gasteiger partial charge in [-0.2, -0.15) is 0 Å². The molecule has 1 N–H and O–H groups in total. The lowest BCUT2D eigenvalue weighted by Crippen LogP contribution is -2.36. The Bertz CT molecular complexity index is 662. The van der Waals surface area contributed by atoms with Gasteiger partial charge in [-0.1, -0.05) is 23.4 Å². The van der Waals surface area contributed by atoms with Crippen molar-refractivity contribution in [3.63, 3.8) is 0 Å². The summed E-state index contributed by atoms with van der Waals surface area (Å²) in [6.07, 6.45) is 0.639. The van der Waals surface area contributed by atoms with Crippen molar-refractivity contribution in [2.45, 2.75) is 19.4 Å². The molecule has 0 spiro atoms. The highest BCUT2D eigenvalue weighted by molar-refractivity contribution is 5.86. The summed E-state index contributed by atoms with van der Waals surface area (Å²) in [6.45, 7) is 5.33. The summed E-state index contributed by atoms with van der Waals surface area (Å²) in [5.74, 6) is -0.899. The number of amides is 1. The maximum absolute atomic E-state index is 11.8. The van der Waals surface area contributed by atoms with Crippen molar-refractivity contribution in [3.8, 4) is 0 Å². The Morgan fingerprint density at radius 1 is 1.48 bits per heavy atom. The molecule has 6 nitrogen and oxygen atoms in total. The van der Waals surface area contributed by atoms with Crippen molar-refractivity contribution in [2.24, 2.45) is 0 Å². The Hall–Kier alpha value is -2.63. The Balaban J connectivity index is 1.95. The van der Waals surface area contributed by atoms with E-state index in [0.717, 1.165) is 5.39 Å². The highest BCUT2D eigenvalue weighted by Gasteiger charge is 2.19. The first-order valence-corrected chi connectivity index (χ1v) is 6.53. The van der Waals surface area contributed by atoms with Crippen molar-refractivity contribution in [3.05, 3.63) is 42.6 Å². The zero-order valence-electron chi connectivity index (χ0n) is 11.7. The Labute approximate surface area is 121 Å². The Kier molecular flexibility index (Phi) is 4.71. The van der Waals surface area contributed by atoms with Gasteiger partial charge in [0.1, 0.15) is 5.69 Å². The molecule has 0 saturated heterocycles. The van der Waals surface area contributed by atoms with Crippen LogP contribution in [0.4, 0.5) is 0 Å². The molecule has 0 unspecified atom stereocenters. The van der Waals surface area contributed by atoms with Crippen LogP contribution in [0.25, 0.3) is 11.0 Å². The summed E-state index contributed by atoms with van der Waals surface area (Å²) in [4.78, 5) is 23.4. The van der Waals surface area contributed by atoms with E-state index in [1.54, 1.807) is 12.1 Å². The lowest BCUT2D eigenvalue weighted by atomic mass is 10.2. The smallest absolute Gasteiger partial charge is 0.312 e. The predicted molar refractivity (Wildman–Crippen MR) is 76.5 cm³/mol. The number of carbonyl (C=O) groups excluding carboxylic acids is 2. The number of nitrogens with zero attached hydrogens (tertiary/aromatic N) is 1. The van der Waals surface area contributed by atoms with E-state index in [2.05, 4.69) is 17.1 Å². The minimum absolute atomic E-state index is 0.0455. The van der Waals surface area contributed by atoms with Crippen molar-refractivity contribution in [1.29, 1.82) is 0 Å². The van der Waals surface area contributed by atoms with Gasteiger partial charge in [0.05, 0.1) is 6.42 Å². The quantitative estimate of drug-likeness (QED) is 0.645. The molecule has 1 amide bonds. The molecular formula is C15H16N2O4. The molecule has 6 heteroatoms. The molecule has 21 heavy (non-hydrogen) atoms. The van der Waals surface area contributed by atoms with Gasteiger partial charge < -0.3 is 14.6 Å². The normalized spacial score (nSPS) is 11.9. The number of ether oxygens (including phenoxy) is 1. The number of nitrogens with one attached hydrogen (secondary N) is 1. The molecule has 1 heterocycles. The van der Waals surface area contributed by atoms with E-state index in [1.807, 2.05) is 18.2 Å². The summed E-state index contributed by atoms with van der Waals surface area (Å²) in [5.41, 5.74) is 1.10. The molecule has 0 saturated carbocycles. The average Bonchev–Trinajstić information content (AvgIpc) is 2.88. The van der Waals surface area contributed by atoms with E-state index in [0.29, 0.717) is 17.8 Å². The molecule has 0 radical (unpaired) electrons. The van der Waals surface area contributed by atoms with Crippen molar-refractivity contribution < 1.29 is 18.8 Å². The highest BCUT2D eigenvalue weighted by atomic mass is 16.5. The fourth-order valence-electron chi connectivity index (χ4n) is 1.81. The van der Waals surface area contributed by atoms with E-state index < -0.39 is 12.1 Å².